The second kappa shape index (κ2) is 6.27. The number of carbonyl (C=O) groups is 1. The fraction of sp³-hybridized carbons (Fsp3) is 0.294. The molecule has 0 aromatic carbocycles. The average Bonchev–Trinajstić information content (AvgIpc) is 3.34. The highest BCUT2D eigenvalue weighted by Crippen LogP contribution is 2.32. The molecule has 1 aliphatic rings. The lowest BCUT2D eigenvalue weighted by molar-refractivity contribution is 0.0560. The number of likely N-dealkylation sites (tertiary alicyclic amines) is 1. The minimum Gasteiger partial charge on any atom is -0.472 e. The Balaban J connectivity index is 1.62. The van der Waals surface area contributed by atoms with E-state index in [0.29, 0.717) is 23.8 Å². The molecule has 0 aliphatic carbocycles. The van der Waals surface area contributed by atoms with Gasteiger partial charge in [0.15, 0.2) is 0 Å². The molecule has 0 spiro atoms. The third-order valence-electron chi connectivity index (χ3n) is 4.18. The Morgan fingerprint density at radius 1 is 1.29 bits per heavy atom. The summed E-state index contributed by atoms with van der Waals surface area (Å²) >= 11 is 0. The van der Waals surface area contributed by atoms with Crippen LogP contribution < -0.4 is 0 Å². The van der Waals surface area contributed by atoms with Crippen LogP contribution in [0.4, 0.5) is 0 Å². The largest absolute Gasteiger partial charge is 0.472 e. The van der Waals surface area contributed by atoms with E-state index in [1.807, 2.05) is 12.1 Å². The molecule has 7 heteroatoms. The van der Waals surface area contributed by atoms with E-state index in [1.165, 1.54) is 12.5 Å². The summed E-state index contributed by atoms with van der Waals surface area (Å²) in [5.41, 5.74) is 1.32. The van der Waals surface area contributed by atoms with Crippen LogP contribution in [0.2, 0.25) is 0 Å². The van der Waals surface area contributed by atoms with E-state index in [1.54, 1.807) is 23.4 Å². The van der Waals surface area contributed by atoms with Crippen LogP contribution in [0.15, 0.2) is 52.1 Å². The number of hydrogen-bond donors (Lipinski definition) is 0. The summed E-state index contributed by atoms with van der Waals surface area (Å²) < 4.78 is 10.5. The highest BCUT2D eigenvalue weighted by atomic mass is 16.5. The van der Waals surface area contributed by atoms with Crippen molar-refractivity contribution in [3.05, 3.63) is 54.6 Å². The first-order valence-electron chi connectivity index (χ1n) is 7.90. The average molecular weight is 324 g/mol. The summed E-state index contributed by atoms with van der Waals surface area (Å²) in [4.78, 5) is 23.0. The summed E-state index contributed by atoms with van der Waals surface area (Å²) in [7, 11) is 0. The van der Waals surface area contributed by atoms with Gasteiger partial charge in [-0.3, -0.25) is 9.78 Å². The number of rotatable bonds is 3. The van der Waals surface area contributed by atoms with Gasteiger partial charge in [0, 0.05) is 24.5 Å². The first kappa shape index (κ1) is 14.6. The van der Waals surface area contributed by atoms with Crippen molar-refractivity contribution in [3.63, 3.8) is 0 Å². The summed E-state index contributed by atoms with van der Waals surface area (Å²) in [6, 6.07) is 5.15. The maximum absolute atomic E-state index is 12.7. The molecule has 0 unspecified atom stereocenters. The van der Waals surface area contributed by atoms with E-state index in [2.05, 4.69) is 15.1 Å². The van der Waals surface area contributed by atoms with Crippen molar-refractivity contribution in [1.82, 2.24) is 20.0 Å². The van der Waals surface area contributed by atoms with Gasteiger partial charge in [0.2, 0.25) is 11.7 Å². The third kappa shape index (κ3) is 2.68. The lowest BCUT2D eigenvalue weighted by Crippen LogP contribution is -2.38. The van der Waals surface area contributed by atoms with Gasteiger partial charge in [0.05, 0.1) is 11.8 Å². The summed E-state index contributed by atoms with van der Waals surface area (Å²) in [5.74, 6) is 0.874. The van der Waals surface area contributed by atoms with Gasteiger partial charge in [0.1, 0.15) is 12.3 Å². The molecule has 7 nitrogen and oxygen atoms in total. The molecule has 3 aromatic heterocycles. The Morgan fingerprint density at radius 3 is 3.04 bits per heavy atom. The SMILES string of the molecule is O=C(c1ccoc1)N1CCCC[C@H]1c1nc(-c2cccnc2)no1. The fourth-order valence-electron chi connectivity index (χ4n) is 2.97. The molecule has 1 fully saturated rings. The minimum atomic E-state index is -0.209. The van der Waals surface area contributed by atoms with E-state index < -0.39 is 0 Å². The molecule has 4 rings (SSSR count). The van der Waals surface area contributed by atoms with Crippen LogP contribution in [0.1, 0.15) is 41.6 Å². The van der Waals surface area contributed by atoms with Crippen molar-refractivity contribution < 1.29 is 13.7 Å². The van der Waals surface area contributed by atoms with Gasteiger partial charge in [-0.25, -0.2) is 0 Å². The molecule has 3 aromatic rings. The summed E-state index contributed by atoms with van der Waals surface area (Å²) in [6.07, 6.45) is 9.12. The molecule has 122 valence electrons. The van der Waals surface area contributed by atoms with Crippen LogP contribution in [0, 0.1) is 0 Å². The molecule has 0 N–H and O–H groups in total. The highest BCUT2D eigenvalue weighted by molar-refractivity contribution is 5.94. The first-order chi connectivity index (χ1) is 11.8. The number of furan rings is 1. The predicted molar refractivity (Wildman–Crippen MR) is 83.9 cm³/mol. The van der Waals surface area contributed by atoms with Crippen molar-refractivity contribution in [2.45, 2.75) is 25.3 Å². The van der Waals surface area contributed by atoms with Crippen LogP contribution >= 0.6 is 0 Å². The number of nitrogens with zero attached hydrogens (tertiary/aromatic N) is 4. The Kier molecular flexibility index (Phi) is 3.82. The Morgan fingerprint density at radius 2 is 2.25 bits per heavy atom. The molecule has 1 atom stereocenters. The normalized spacial score (nSPS) is 17.8. The van der Waals surface area contributed by atoms with Gasteiger partial charge in [0.25, 0.3) is 5.91 Å². The van der Waals surface area contributed by atoms with Crippen molar-refractivity contribution in [2.75, 3.05) is 6.54 Å². The van der Waals surface area contributed by atoms with Gasteiger partial charge in [-0.1, -0.05) is 5.16 Å². The molecule has 1 amide bonds. The van der Waals surface area contributed by atoms with E-state index in [0.717, 1.165) is 24.8 Å². The molecule has 1 aliphatic heterocycles. The van der Waals surface area contributed by atoms with Gasteiger partial charge >= 0.3 is 0 Å². The van der Waals surface area contributed by atoms with Crippen LogP contribution in [-0.2, 0) is 0 Å². The number of aromatic nitrogens is 3. The molecule has 0 radical (unpaired) electrons. The third-order valence-corrected chi connectivity index (χ3v) is 4.18. The molecule has 4 heterocycles. The topological polar surface area (TPSA) is 85.3 Å². The quantitative estimate of drug-likeness (QED) is 0.736. The van der Waals surface area contributed by atoms with Gasteiger partial charge < -0.3 is 13.8 Å². The van der Waals surface area contributed by atoms with Crippen LogP contribution in [0.25, 0.3) is 11.4 Å². The summed E-state index contributed by atoms with van der Waals surface area (Å²) in [6.45, 7) is 0.666. The van der Waals surface area contributed by atoms with Gasteiger partial charge in [-0.15, -0.1) is 0 Å². The molecule has 24 heavy (non-hydrogen) atoms. The highest BCUT2D eigenvalue weighted by Gasteiger charge is 2.33. The lowest BCUT2D eigenvalue weighted by atomic mass is 10.0. The van der Waals surface area contributed by atoms with Crippen molar-refractivity contribution in [2.24, 2.45) is 0 Å². The minimum absolute atomic E-state index is 0.0745. The zero-order chi connectivity index (χ0) is 16.4. The standard InChI is InChI=1S/C17H16N4O3/c22-17(13-6-9-23-11-13)21-8-2-1-5-14(21)16-19-15(20-24-16)12-4-3-7-18-10-12/h3-4,6-7,9-11,14H,1-2,5,8H2/t14-/m0/s1. The molecule has 0 saturated carbocycles. The van der Waals surface area contributed by atoms with E-state index in [4.69, 9.17) is 8.94 Å². The van der Waals surface area contributed by atoms with Crippen LogP contribution in [0.3, 0.4) is 0 Å². The number of piperidine rings is 1. The fourth-order valence-corrected chi connectivity index (χ4v) is 2.97. The second-order valence-corrected chi connectivity index (χ2v) is 5.72. The molecule has 0 bridgehead atoms. The second-order valence-electron chi connectivity index (χ2n) is 5.72. The van der Waals surface area contributed by atoms with Crippen molar-refractivity contribution in [3.8, 4) is 11.4 Å². The maximum Gasteiger partial charge on any atom is 0.257 e. The van der Waals surface area contributed by atoms with Crippen molar-refractivity contribution >= 4 is 5.91 Å². The van der Waals surface area contributed by atoms with Crippen molar-refractivity contribution in [1.29, 1.82) is 0 Å². The Labute approximate surface area is 138 Å². The Hall–Kier alpha value is -2.96. The van der Waals surface area contributed by atoms with Crippen LogP contribution in [0.5, 0.6) is 0 Å². The summed E-state index contributed by atoms with van der Waals surface area (Å²) in [5, 5.41) is 4.04. The molecular weight excluding hydrogens is 308 g/mol. The van der Waals surface area contributed by atoms with Gasteiger partial charge in [-0.05, 0) is 37.5 Å². The van der Waals surface area contributed by atoms with E-state index in [9.17, 15) is 4.79 Å². The first-order valence-corrected chi connectivity index (χ1v) is 7.90. The smallest absolute Gasteiger partial charge is 0.257 e. The number of pyridine rings is 1. The number of hydrogen-bond acceptors (Lipinski definition) is 6. The zero-order valence-electron chi connectivity index (χ0n) is 13.0. The number of amides is 1. The number of carbonyl (C=O) groups excluding carboxylic acids is 1. The zero-order valence-corrected chi connectivity index (χ0v) is 13.0. The molecule has 1 saturated heterocycles. The molecular formula is C17H16N4O3. The van der Waals surface area contributed by atoms with Gasteiger partial charge in [-0.2, -0.15) is 4.98 Å². The van der Waals surface area contributed by atoms with E-state index in [-0.39, 0.29) is 11.9 Å². The monoisotopic (exact) mass is 324 g/mol. The maximum atomic E-state index is 12.7. The lowest BCUT2D eigenvalue weighted by Gasteiger charge is -2.33. The Bertz CT molecular complexity index is 814. The van der Waals surface area contributed by atoms with Crippen LogP contribution in [-0.4, -0.2) is 32.5 Å². The predicted octanol–water partition coefficient (Wildman–Crippen LogP) is 3.09. The van der Waals surface area contributed by atoms with E-state index >= 15 is 0 Å².